The number of aliphatic imine (C=N–C) groups is 1. The molecule has 0 aliphatic rings. The Morgan fingerprint density at radius 1 is 1.23 bits per heavy atom. The van der Waals surface area contributed by atoms with E-state index in [4.69, 9.17) is 9.47 Å². The van der Waals surface area contributed by atoms with Crippen LogP contribution >= 0.6 is 0 Å². The summed E-state index contributed by atoms with van der Waals surface area (Å²) >= 11 is 0. The zero-order valence-corrected chi connectivity index (χ0v) is 17.0. The predicted molar refractivity (Wildman–Crippen MR) is 109 cm³/mol. The summed E-state index contributed by atoms with van der Waals surface area (Å²) in [6.07, 6.45) is 2.31. The van der Waals surface area contributed by atoms with Gasteiger partial charge in [0.2, 0.25) is 0 Å². The Hall–Kier alpha value is -1.95. The van der Waals surface area contributed by atoms with Gasteiger partial charge in [0.25, 0.3) is 0 Å². The van der Waals surface area contributed by atoms with Gasteiger partial charge in [0, 0.05) is 19.2 Å². The highest BCUT2D eigenvalue weighted by atomic mass is 16.5. The Kier molecular flexibility index (Phi) is 11.3. The van der Waals surface area contributed by atoms with Crippen molar-refractivity contribution >= 4 is 5.96 Å². The summed E-state index contributed by atoms with van der Waals surface area (Å²) in [4.78, 5) is 6.74. The lowest BCUT2D eigenvalue weighted by molar-refractivity contribution is 0.292. The van der Waals surface area contributed by atoms with Crippen LogP contribution in [-0.4, -0.2) is 63.8 Å². The molecule has 1 rings (SSSR count). The molecule has 148 valence electrons. The lowest BCUT2D eigenvalue weighted by Crippen LogP contribution is -2.43. The van der Waals surface area contributed by atoms with Gasteiger partial charge < -0.3 is 25.0 Å². The third-order valence-corrected chi connectivity index (χ3v) is 4.32. The first-order valence-electron chi connectivity index (χ1n) is 9.59. The molecule has 0 aliphatic carbocycles. The second kappa shape index (κ2) is 13.3. The maximum Gasteiger partial charge on any atom is 0.191 e. The molecule has 0 fully saturated rings. The summed E-state index contributed by atoms with van der Waals surface area (Å²) in [6.45, 7) is 11.3. The zero-order chi connectivity index (χ0) is 19.2. The molecule has 0 aromatic heterocycles. The quantitative estimate of drug-likeness (QED) is 0.339. The second-order valence-electron chi connectivity index (χ2n) is 6.24. The molecule has 2 N–H and O–H groups in total. The Balaban J connectivity index is 2.23. The molecule has 1 atom stereocenters. The lowest BCUT2D eigenvalue weighted by Gasteiger charge is -2.21. The van der Waals surface area contributed by atoms with Crippen molar-refractivity contribution in [3.05, 3.63) is 24.3 Å². The number of nitrogens with one attached hydrogen (secondary N) is 2. The fourth-order valence-corrected chi connectivity index (χ4v) is 2.69. The topological polar surface area (TPSA) is 58.1 Å². The molecule has 0 spiro atoms. The predicted octanol–water partition coefficient (Wildman–Crippen LogP) is 2.75. The van der Waals surface area contributed by atoms with Crippen LogP contribution in [0.3, 0.4) is 0 Å². The van der Waals surface area contributed by atoms with Crippen LogP contribution in [0.25, 0.3) is 0 Å². The normalized spacial score (nSPS) is 12.8. The van der Waals surface area contributed by atoms with Crippen molar-refractivity contribution in [1.29, 1.82) is 0 Å². The molecule has 0 bridgehead atoms. The molecule has 1 unspecified atom stereocenters. The second-order valence-corrected chi connectivity index (χ2v) is 6.24. The van der Waals surface area contributed by atoms with E-state index in [0.29, 0.717) is 19.2 Å². The van der Waals surface area contributed by atoms with Gasteiger partial charge in [-0.2, -0.15) is 0 Å². The summed E-state index contributed by atoms with van der Waals surface area (Å²) in [6, 6.07) is 8.01. The Bertz CT molecular complexity index is 518. The Labute approximate surface area is 159 Å². The van der Waals surface area contributed by atoms with Crippen LogP contribution in [0, 0.1) is 0 Å². The first-order chi connectivity index (χ1) is 12.6. The summed E-state index contributed by atoms with van der Waals surface area (Å²) in [7, 11) is 3.44. The van der Waals surface area contributed by atoms with Crippen LogP contribution < -0.4 is 20.1 Å². The minimum Gasteiger partial charge on any atom is -0.497 e. The largest absolute Gasteiger partial charge is 0.497 e. The fourth-order valence-electron chi connectivity index (χ4n) is 2.69. The SMILES string of the molecule is CCN(CC)CCCC(C)NC(=NC)NCCOc1cccc(OC)c1. The smallest absolute Gasteiger partial charge is 0.191 e. The van der Waals surface area contributed by atoms with Gasteiger partial charge in [0.1, 0.15) is 18.1 Å². The molecule has 0 heterocycles. The number of ether oxygens (including phenoxy) is 2. The minimum absolute atomic E-state index is 0.385. The fraction of sp³-hybridized carbons (Fsp3) is 0.650. The van der Waals surface area contributed by atoms with E-state index < -0.39 is 0 Å². The highest BCUT2D eigenvalue weighted by Crippen LogP contribution is 2.18. The van der Waals surface area contributed by atoms with Gasteiger partial charge in [-0.15, -0.1) is 0 Å². The molecule has 6 heteroatoms. The van der Waals surface area contributed by atoms with Crippen molar-refractivity contribution in [3.8, 4) is 11.5 Å². The van der Waals surface area contributed by atoms with E-state index >= 15 is 0 Å². The number of guanidine groups is 1. The average Bonchev–Trinajstić information content (AvgIpc) is 2.67. The van der Waals surface area contributed by atoms with E-state index in [2.05, 4.69) is 41.3 Å². The minimum atomic E-state index is 0.385. The first kappa shape index (κ1) is 22.1. The van der Waals surface area contributed by atoms with Gasteiger partial charge in [0.05, 0.1) is 13.7 Å². The summed E-state index contributed by atoms with van der Waals surface area (Å²) in [5, 5.41) is 6.73. The van der Waals surface area contributed by atoms with Crippen molar-refractivity contribution in [2.24, 2.45) is 4.99 Å². The van der Waals surface area contributed by atoms with E-state index in [1.807, 2.05) is 24.3 Å². The van der Waals surface area contributed by atoms with Crippen LogP contribution in [0.2, 0.25) is 0 Å². The summed E-state index contributed by atoms with van der Waals surface area (Å²) in [5.74, 6) is 2.42. The van der Waals surface area contributed by atoms with Gasteiger partial charge in [-0.1, -0.05) is 19.9 Å². The number of hydrogen-bond donors (Lipinski definition) is 2. The van der Waals surface area contributed by atoms with E-state index in [-0.39, 0.29) is 0 Å². The van der Waals surface area contributed by atoms with Crippen molar-refractivity contribution in [3.63, 3.8) is 0 Å². The lowest BCUT2D eigenvalue weighted by atomic mass is 10.2. The zero-order valence-electron chi connectivity index (χ0n) is 17.0. The number of benzene rings is 1. The van der Waals surface area contributed by atoms with E-state index in [1.165, 1.54) is 6.42 Å². The molecule has 0 amide bonds. The maximum atomic E-state index is 5.73. The van der Waals surface area contributed by atoms with Gasteiger partial charge in [-0.3, -0.25) is 4.99 Å². The standard InChI is InChI=1S/C20H36N4O2/c1-6-24(7-2)14-9-10-17(3)23-20(21-4)22-13-15-26-19-12-8-11-18(16-19)25-5/h8,11-12,16-17H,6-7,9-10,13-15H2,1-5H3,(H2,21,22,23). The van der Waals surface area contributed by atoms with Crippen LogP contribution in [-0.2, 0) is 0 Å². The van der Waals surface area contributed by atoms with Crippen molar-refractivity contribution in [2.45, 2.75) is 39.7 Å². The molecule has 1 aromatic carbocycles. The average molecular weight is 365 g/mol. The van der Waals surface area contributed by atoms with Crippen LogP contribution in [0.5, 0.6) is 11.5 Å². The monoisotopic (exact) mass is 364 g/mol. The van der Waals surface area contributed by atoms with Crippen LogP contribution in [0.15, 0.2) is 29.3 Å². The molecular formula is C20H36N4O2. The van der Waals surface area contributed by atoms with E-state index in [9.17, 15) is 0 Å². The molecule has 1 aromatic rings. The molecule has 0 saturated carbocycles. The van der Waals surface area contributed by atoms with Gasteiger partial charge in [0.15, 0.2) is 5.96 Å². The molecule has 0 saturated heterocycles. The van der Waals surface area contributed by atoms with E-state index in [1.54, 1.807) is 14.2 Å². The summed E-state index contributed by atoms with van der Waals surface area (Å²) < 4.78 is 10.9. The number of rotatable bonds is 12. The highest BCUT2D eigenvalue weighted by molar-refractivity contribution is 5.79. The Morgan fingerprint density at radius 2 is 1.96 bits per heavy atom. The highest BCUT2D eigenvalue weighted by Gasteiger charge is 2.06. The third-order valence-electron chi connectivity index (χ3n) is 4.32. The molecule has 0 radical (unpaired) electrons. The number of methoxy groups -OCH3 is 1. The number of nitrogens with zero attached hydrogens (tertiary/aromatic N) is 2. The van der Waals surface area contributed by atoms with Crippen molar-refractivity contribution in [2.75, 3.05) is 46.9 Å². The third kappa shape index (κ3) is 8.94. The van der Waals surface area contributed by atoms with E-state index in [0.717, 1.165) is 43.5 Å². The van der Waals surface area contributed by atoms with Crippen molar-refractivity contribution < 1.29 is 9.47 Å². The number of hydrogen-bond acceptors (Lipinski definition) is 4. The molecule has 26 heavy (non-hydrogen) atoms. The van der Waals surface area contributed by atoms with Gasteiger partial charge in [-0.05, 0) is 51.5 Å². The van der Waals surface area contributed by atoms with Gasteiger partial charge >= 0.3 is 0 Å². The molecule has 6 nitrogen and oxygen atoms in total. The Morgan fingerprint density at radius 3 is 2.62 bits per heavy atom. The van der Waals surface area contributed by atoms with Gasteiger partial charge in [-0.25, -0.2) is 0 Å². The summed E-state index contributed by atoms with van der Waals surface area (Å²) in [5.41, 5.74) is 0. The van der Waals surface area contributed by atoms with Crippen LogP contribution in [0.1, 0.15) is 33.6 Å². The molecule has 0 aliphatic heterocycles. The maximum absolute atomic E-state index is 5.73. The molecular weight excluding hydrogens is 328 g/mol. The van der Waals surface area contributed by atoms with Crippen molar-refractivity contribution in [1.82, 2.24) is 15.5 Å². The first-order valence-corrected chi connectivity index (χ1v) is 9.59. The van der Waals surface area contributed by atoms with Crippen LogP contribution in [0.4, 0.5) is 0 Å².